The molecule has 0 aliphatic heterocycles. The Kier molecular flexibility index (Phi) is 6.17. The molecule has 1 N–H and O–H groups in total. The summed E-state index contributed by atoms with van der Waals surface area (Å²) in [5, 5.41) is 2.59. The van der Waals surface area contributed by atoms with E-state index in [1.54, 1.807) is 0 Å². The highest BCUT2D eigenvalue weighted by molar-refractivity contribution is 6.58. The van der Waals surface area contributed by atoms with Crippen molar-refractivity contribution in [3.63, 3.8) is 0 Å². The molecule has 0 spiro atoms. The third-order valence-electron chi connectivity index (χ3n) is 3.06. The fourth-order valence-electron chi connectivity index (χ4n) is 1.74. The molecule has 0 bridgehead atoms. The normalized spacial score (nSPS) is 16.1. The third kappa shape index (κ3) is 4.97. The van der Waals surface area contributed by atoms with E-state index in [1.807, 2.05) is 20.8 Å². The molecule has 0 aromatic carbocycles. The van der Waals surface area contributed by atoms with Gasteiger partial charge in [0.05, 0.1) is 10.1 Å². The smallest absolute Gasteiger partial charge is 0.225 e. The number of carbonyl (C=O) groups excluding carboxylic acids is 3. The zero-order valence-electron chi connectivity index (χ0n) is 12.4. The van der Waals surface area contributed by atoms with Crippen molar-refractivity contribution in [2.45, 2.75) is 40.0 Å². The Morgan fingerprint density at radius 2 is 1.81 bits per heavy atom. The lowest BCUT2D eigenvalue weighted by Gasteiger charge is -2.17. The maximum absolute atomic E-state index is 11.7. The summed E-state index contributed by atoms with van der Waals surface area (Å²) in [6.07, 6.45) is 2.86. The maximum atomic E-state index is 11.7. The van der Waals surface area contributed by atoms with Crippen molar-refractivity contribution in [1.82, 2.24) is 5.32 Å². The van der Waals surface area contributed by atoms with Gasteiger partial charge in [-0.05, 0) is 19.3 Å². The molecule has 1 aliphatic rings. The molecule has 6 heteroatoms. The van der Waals surface area contributed by atoms with Crippen molar-refractivity contribution in [2.24, 2.45) is 5.41 Å². The number of hydrogen-bond acceptors (Lipinski definition) is 3. The number of unbranched alkanes of at least 4 members (excludes halogenated alkanes) is 1. The van der Waals surface area contributed by atoms with Gasteiger partial charge >= 0.3 is 0 Å². The minimum Gasteiger partial charge on any atom is -0.356 e. The molecule has 116 valence electrons. The van der Waals surface area contributed by atoms with Crippen LogP contribution in [0.3, 0.4) is 0 Å². The fourth-order valence-corrected chi connectivity index (χ4v) is 2.28. The van der Waals surface area contributed by atoms with Crippen LogP contribution in [-0.4, -0.2) is 24.0 Å². The maximum Gasteiger partial charge on any atom is 0.225 e. The second-order valence-electron chi connectivity index (χ2n) is 5.94. The van der Waals surface area contributed by atoms with Crippen LogP contribution in [0.25, 0.3) is 0 Å². The van der Waals surface area contributed by atoms with Gasteiger partial charge in [-0.1, -0.05) is 44.0 Å². The lowest BCUT2D eigenvalue weighted by molar-refractivity contribution is -0.128. The Morgan fingerprint density at radius 3 is 2.38 bits per heavy atom. The summed E-state index contributed by atoms with van der Waals surface area (Å²) < 4.78 is 0. The fraction of sp³-hybridized carbons (Fsp3) is 0.533. The average molecular weight is 332 g/mol. The molecule has 0 radical (unpaired) electrons. The summed E-state index contributed by atoms with van der Waals surface area (Å²) in [5.41, 5.74) is -0.118. The summed E-state index contributed by atoms with van der Waals surface area (Å²) in [5.74, 6) is -0.837. The van der Waals surface area contributed by atoms with E-state index < -0.39 is 11.2 Å². The van der Waals surface area contributed by atoms with E-state index in [0.717, 1.165) is 6.08 Å². The summed E-state index contributed by atoms with van der Waals surface area (Å²) in [4.78, 5) is 35.0. The van der Waals surface area contributed by atoms with Gasteiger partial charge < -0.3 is 5.32 Å². The first-order valence-electron chi connectivity index (χ1n) is 6.77. The molecule has 1 aliphatic carbocycles. The van der Waals surface area contributed by atoms with Gasteiger partial charge in [0.25, 0.3) is 0 Å². The SMILES string of the molecule is CC(C)(C)C(=O)NCCCCC1=C(Cl)C(=O)C(Cl)=CC1=O. The molecule has 1 amide bonds. The molecule has 0 fully saturated rings. The quantitative estimate of drug-likeness (QED) is 0.622. The van der Waals surface area contributed by atoms with Crippen LogP contribution >= 0.6 is 23.2 Å². The van der Waals surface area contributed by atoms with Gasteiger partial charge in [0.15, 0.2) is 5.78 Å². The van der Waals surface area contributed by atoms with Crippen LogP contribution in [0.5, 0.6) is 0 Å². The standard InChI is InChI=1S/C15H19Cl2NO3/c1-15(2,3)14(21)18-7-5-4-6-9-11(19)8-10(16)13(20)12(9)17/h8H,4-7H2,1-3H3,(H,18,21). The first kappa shape index (κ1) is 17.9. The molecule has 0 atom stereocenters. The molecule has 0 aromatic rings. The number of hydrogen-bond donors (Lipinski definition) is 1. The first-order valence-corrected chi connectivity index (χ1v) is 7.53. The van der Waals surface area contributed by atoms with E-state index in [1.165, 1.54) is 0 Å². The van der Waals surface area contributed by atoms with Gasteiger partial charge in [-0.15, -0.1) is 0 Å². The predicted molar refractivity (Wildman–Crippen MR) is 83.1 cm³/mol. The number of halogens is 2. The van der Waals surface area contributed by atoms with Gasteiger partial charge in [0, 0.05) is 23.6 Å². The monoisotopic (exact) mass is 331 g/mol. The molecule has 1 rings (SSSR count). The Labute approximate surface area is 134 Å². The van der Waals surface area contributed by atoms with Gasteiger partial charge in [-0.2, -0.15) is 0 Å². The van der Waals surface area contributed by atoms with Crippen LogP contribution in [0, 0.1) is 5.41 Å². The van der Waals surface area contributed by atoms with Crippen molar-refractivity contribution in [2.75, 3.05) is 6.54 Å². The number of rotatable bonds is 5. The van der Waals surface area contributed by atoms with Gasteiger partial charge in [0.1, 0.15) is 0 Å². The highest BCUT2D eigenvalue weighted by atomic mass is 35.5. The summed E-state index contributed by atoms with van der Waals surface area (Å²) in [7, 11) is 0. The van der Waals surface area contributed by atoms with Crippen molar-refractivity contribution < 1.29 is 14.4 Å². The summed E-state index contributed by atoms with van der Waals surface area (Å²) in [6.45, 7) is 6.06. The third-order valence-corrected chi connectivity index (χ3v) is 3.74. The van der Waals surface area contributed by atoms with E-state index in [4.69, 9.17) is 23.2 Å². The van der Waals surface area contributed by atoms with Gasteiger partial charge in [-0.3, -0.25) is 14.4 Å². The zero-order valence-corrected chi connectivity index (χ0v) is 13.9. The number of Topliss-reactive ketones (excluding diaryl/α,β-unsaturated/α-hetero) is 1. The molecule has 0 heterocycles. The van der Waals surface area contributed by atoms with Crippen LogP contribution < -0.4 is 5.32 Å². The lowest BCUT2D eigenvalue weighted by atomic mass is 9.95. The molecule has 21 heavy (non-hydrogen) atoms. The van der Waals surface area contributed by atoms with Crippen molar-refractivity contribution in [1.29, 1.82) is 0 Å². The van der Waals surface area contributed by atoms with E-state index in [2.05, 4.69) is 5.32 Å². The molecule has 4 nitrogen and oxygen atoms in total. The number of amides is 1. The molecule has 0 saturated heterocycles. The van der Waals surface area contributed by atoms with Crippen LogP contribution in [0.2, 0.25) is 0 Å². The van der Waals surface area contributed by atoms with Crippen molar-refractivity contribution in [3.8, 4) is 0 Å². The first-order chi connectivity index (χ1) is 9.64. The second-order valence-corrected chi connectivity index (χ2v) is 6.73. The van der Waals surface area contributed by atoms with Crippen molar-refractivity contribution in [3.05, 3.63) is 21.7 Å². The van der Waals surface area contributed by atoms with Crippen LogP contribution in [0.1, 0.15) is 40.0 Å². The van der Waals surface area contributed by atoms with Crippen molar-refractivity contribution >= 4 is 40.7 Å². The minimum absolute atomic E-state index is 0.0154. The highest BCUT2D eigenvalue weighted by Gasteiger charge is 2.26. The Bertz CT molecular complexity index is 528. The molecule has 0 saturated carbocycles. The zero-order chi connectivity index (χ0) is 16.2. The van der Waals surface area contributed by atoms with E-state index >= 15 is 0 Å². The van der Waals surface area contributed by atoms with E-state index in [-0.39, 0.29) is 21.8 Å². The van der Waals surface area contributed by atoms with E-state index in [9.17, 15) is 14.4 Å². The minimum atomic E-state index is -0.506. The Morgan fingerprint density at radius 1 is 1.19 bits per heavy atom. The summed E-state index contributed by atoms with van der Waals surface area (Å²) in [6, 6.07) is 0. The second kappa shape index (κ2) is 7.23. The van der Waals surface area contributed by atoms with Crippen LogP contribution in [-0.2, 0) is 14.4 Å². The predicted octanol–water partition coefficient (Wildman–Crippen LogP) is 3.09. The largest absolute Gasteiger partial charge is 0.356 e. The van der Waals surface area contributed by atoms with Gasteiger partial charge in [-0.25, -0.2) is 0 Å². The van der Waals surface area contributed by atoms with Crippen LogP contribution in [0.4, 0.5) is 0 Å². The number of nitrogens with one attached hydrogen (secondary N) is 1. The summed E-state index contributed by atoms with van der Waals surface area (Å²) >= 11 is 11.5. The topological polar surface area (TPSA) is 63.2 Å². The highest BCUT2D eigenvalue weighted by Crippen LogP contribution is 2.27. The average Bonchev–Trinajstić information content (AvgIpc) is 2.38. The Balaban J connectivity index is 2.42. The number of carbonyl (C=O) groups is 3. The molecular weight excluding hydrogens is 313 g/mol. The molecular formula is C15H19Cl2NO3. The molecule has 0 aromatic heterocycles. The van der Waals surface area contributed by atoms with E-state index in [0.29, 0.717) is 31.4 Å². The van der Waals surface area contributed by atoms with Crippen LogP contribution in [0.15, 0.2) is 21.7 Å². The number of allylic oxidation sites excluding steroid dienone is 4. The number of ketones is 2. The lowest BCUT2D eigenvalue weighted by Crippen LogP contribution is -2.35. The molecule has 0 unspecified atom stereocenters. The Hall–Kier alpha value is -1.13. The van der Waals surface area contributed by atoms with Gasteiger partial charge in [0.2, 0.25) is 11.7 Å².